The number of nitrogens with one attached hydrogen (secondary N) is 3. The van der Waals surface area contributed by atoms with Gasteiger partial charge in [-0.3, -0.25) is 14.4 Å². The molecular weight excluding hydrogens is 366 g/mol. The molecule has 0 aromatic carbocycles. The number of carbonyl (C=O) groups is 4. The molecule has 0 radical (unpaired) electrons. The summed E-state index contributed by atoms with van der Waals surface area (Å²) >= 11 is 1.60. The first kappa shape index (κ1) is 25.4. The van der Waals surface area contributed by atoms with Crippen molar-refractivity contribution in [3.8, 4) is 0 Å². The van der Waals surface area contributed by atoms with E-state index in [1.165, 1.54) is 6.92 Å². The molecule has 7 nitrogen and oxygen atoms in total. The van der Waals surface area contributed by atoms with Gasteiger partial charge in [0.05, 0.1) is 6.04 Å². The van der Waals surface area contributed by atoms with E-state index in [4.69, 9.17) is 0 Å². The molecule has 156 valence electrons. The average Bonchev–Trinajstić information content (AvgIpc) is 2.55. The molecule has 0 heterocycles. The predicted octanol–water partition coefficient (Wildman–Crippen LogP) is 1.50. The monoisotopic (exact) mass is 401 g/mol. The highest BCUT2D eigenvalue weighted by Crippen LogP contribution is 2.09. The molecule has 0 aliphatic rings. The minimum absolute atomic E-state index is 0.172. The van der Waals surface area contributed by atoms with Crippen molar-refractivity contribution in [1.29, 1.82) is 0 Å². The Bertz CT molecular complexity index is 497. The normalized spacial score (nSPS) is 14.4. The SMILES string of the molecule is CSCCC(C=O)NC(=O)C(CC(C)C)NC(=O)C(CC(C)C)NC(C)=O. The van der Waals surface area contributed by atoms with Gasteiger partial charge < -0.3 is 20.7 Å². The topological polar surface area (TPSA) is 104 Å². The Morgan fingerprint density at radius 2 is 1.37 bits per heavy atom. The summed E-state index contributed by atoms with van der Waals surface area (Å²) in [7, 11) is 0. The maximum Gasteiger partial charge on any atom is 0.243 e. The van der Waals surface area contributed by atoms with Crippen LogP contribution in [0.25, 0.3) is 0 Å². The van der Waals surface area contributed by atoms with E-state index in [2.05, 4.69) is 16.0 Å². The lowest BCUT2D eigenvalue weighted by Crippen LogP contribution is -2.55. The van der Waals surface area contributed by atoms with Gasteiger partial charge in [0.2, 0.25) is 17.7 Å². The highest BCUT2D eigenvalue weighted by molar-refractivity contribution is 7.98. The fourth-order valence-corrected chi connectivity index (χ4v) is 3.12. The van der Waals surface area contributed by atoms with Crippen molar-refractivity contribution in [3.05, 3.63) is 0 Å². The van der Waals surface area contributed by atoms with Crippen molar-refractivity contribution < 1.29 is 19.2 Å². The first-order valence-corrected chi connectivity index (χ1v) is 10.8. The molecule has 0 spiro atoms. The zero-order valence-corrected chi connectivity index (χ0v) is 18.2. The summed E-state index contributed by atoms with van der Waals surface area (Å²) in [6.07, 6.45) is 4.12. The lowest BCUT2D eigenvalue weighted by molar-refractivity contribution is -0.133. The Morgan fingerprint density at radius 3 is 1.78 bits per heavy atom. The molecular formula is C19H35N3O4S. The van der Waals surface area contributed by atoms with Crippen LogP contribution >= 0.6 is 11.8 Å². The van der Waals surface area contributed by atoms with Crippen molar-refractivity contribution in [2.24, 2.45) is 11.8 Å². The van der Waals surface area contributed by atoms with Gasteiger partial charge in [-0.05, 0) is 43.1 Å². The summed E-state index contributed by atoms with van der Waals surface area (Å²) in [6, 6.07) is -2.01. The van der Waals surface area contributed by atoms with Crippen molar-refractivity contribution in [1.82, 2.24) is 16.0 Å². The molecule has 3 unspecified atom stereocenters. The lowest BCUT2D eigenvalue weighted by Gasteiger charge is -2.25. The van der Waals surface area contributed by atoms with Crippen LogP contribution in [-0.4, -0.2) is 54.1 Å². The zero-order valence-electron chi connectivity index (χ0n) is 17.3. The molecule has 8 heteroatoms. The van der Waals surface area contributed by atoms with Crippen LogP contribution in [0.3, 0.4) is 0 Å². The molecule has 0 aromatic heterocycles. The lowest BCUT2D eigenvalue weighted by atomic mass is 10.00. The Labute approximate surface area is 167 Å². The number of thioether (sulfide) groups is 1. The van der Waals surface area contributed by atoms with E-state index in [9.17, 15) is 19.2 Å². The molecule has 0 fully saturated rings. The minimum atomic E-state index is -0.752. The van der Waals surface area contributed by atoms with Gasteiger partial charge in [-0.2, -0.15) is 11.8 Å². The van der Waals surface area contributed by atoms with Gasteiger partial charge in [0, 0.05) is 6.92 Å². The summed E-state index contributed by atoms with van der Waals surface area (Å²) in [6.45, 7) is 9.19. The van der Waals surface area contributed by atoms with Gasteiger partial charge in [-0.25, -0.2) is 0 Å². The highest BCUT2D eigenvalue weighted by atomic mass is 32.2. The van der Waals surface area contributed by atoms with E-state index >= 15 is 0 Å². The molecule has 0 aliphatic heterocycles. The molecule has 0 saturated carbocycles. The van der Waals surface area contributed by atoms with Crippen molar-refractivity contribution >= 4 is 35.8 Å². The first-order valence-electron chi connectivity index (χ1n) is 9.42. The van der Waals surface area contributed by atoms with Crippen molar-refractivity contribution in [3.63, 3.8) is 0 Å². The second-order valence-electron chi connectivity index (χ2n) is 7.61. The van der Waals surface area contributed by atoms with Crippen molar-refractivity contribution in [2.45, 2.75) is 72.0 Å². The van der Waals surface area contributed by atoms with Gasteiger partial charge in [0.25, 0.3) is 0 Å². The standard InChI is InChI=1S/C19H35N3O4S/c1-12(2)9-16(20-14(5)24)19(26)22-17(10-13(3)4)18(25)21-15(11-23)7-8-27-6/h11-13,15-17H,7-10H2,1-6H3,(H,20,24)(H,21,25)(H,22,26). The second-order valence-corrected chi connectivity index (χ2v) is 8.59. The number of amides is 3. The van der Waals surface area contributed by atoms with E-state index in [-0.39, 0.29) is 29.6 Å². The molecule has 27 heavy (non-hydrogen) atoms. The molecule has 0 bridgehead atoms. The van der Waals surface area contributed by atoms with Gasteiger partial charge in [0.1, 0.15) is 18.4 Å². The number of rotatable bonds is 13. The second kappa shape index (κ2) is 13.6. The number of aldehydes is 1. The van der Waals surface area contributed by atoms with Gasteiger partial charge >= 0.3 is 0 Å². The average molecular weight is 402 g/mol. The fraction of sp³-hybridized carbons (Fsp3) is 0.789. The molecule has 0 aromatic rings. The van der Waals surface area contributed by atoms with Crippen LogP contribution in [0, 0.1) is 11.8 Å². The number of hydrogen-bond donors (Lipinski definition) is 3. The Morgan fingerprint density at radius 1 is 0.889 bits per heavy atom. The summed E-state index contributed by atoms with van der Waals surface area (Å²) in [4.78, 5) is 47.9. The molecule has 3 N–H and O–H groups in total. The van der Waals surface area contributed by atoms with E-state index in [1.807, 2.05) is 34.0 Å². The maximum atomic E-state index is 12.7. The van der Waals surface area contributed by atoms with Crippen LogP contribution in [0.4, 0.5) is 0 Å². The van der Waals surface area contributed by atoms with Crippen LogP contribution in [0.15, 0.2) is 0 Å². The summed E-state index contributed by atoms with van der Waals surface area (Å²) in [5.74, 6) is 0.0814. The van der Waals surface area contributed by atoms with E-state index in [1.54, 1.807) is 11.8 Å². The summed E-state index contributed by atoms with van der Waals surface area (Å²) in [5, 5.41) is 8.11. The molecule has 3 amide bonds. The molecule has 3 atom stereocenters. The Balaban J connectivity index is 5.14. The fourth-order valence-electron chi connectivity index (χ4n) is 2.63. The van der Waals surface area contributed by atoms with Crippen LogP contribution in [0.2, 0.25) is 0 Å². The van der Waals surface area contributed by atoms with E-state index < -0.39 is 18.1 Å². The van der Waals surface area contributed by atoms with Crippen LogP contribution < -0.4 is 16.0 Å². The highest BCUT2D eigenvalue weighted by Gasteiger charge is 2.28. The van der Waals surface area contributed by atoms with E-state index in [0.29, 0.717) is 19.3 Å². The number of hydrogen-bond acceptors (Lipinski definition) is 5. The summed E-state index contributed by atoms with van der Waals surface area (Å²) < 4.78 is 0. The van der Waals surface area contributed by atoms with E-state index in [0.717, 1.165) is 12.0 Å². The predicted molar refractivity (Wildman–Crippen MR) is 109 cm³/mol. The van der Waals surface area contributed by atoms with Crippen LogP contribution in [-0.2, 0) is 19.2 Å². The number of carbonyl (C=O) groups excluding carboxylic acids is 4. The minimum Gasteiger partial charge on any atom is -0.345 e. The third-order valence-electron chi connectivity index (χ3n) is 3.87. The molecule has 0 saturated heterocycles. The van der Waals surface area contributed by atoms with Gasteiger partial charge in [0.15, 0.2) is 0 Å². The summed E-state index contributed by atoms with van der Waals surface area (Å²) in [5.41, 5.74) is 0. The van der Waals surface area contributed by atoms with Crippen molar-refractivity contribution in [2.75, 3.05) is 12.0 Å². The third-order valence-corrected chi connectivity index (χ3v) is 4.51. The Hall–Kier alpha value is -1.57. The van der Waals surface area contributed by atoms with Gasteiger partial charge in [-0.15, -0.1) is 0 Å². The zero-order chi connectivity index (χ0) is 21.0. The first-order chi connectivity index (χ1) is 12.6. The third kappa shape index (κ3) is 11.7. The largest absolute Gasteiger partial charge is 0.345 e. The smallest absolute Gasteiger partial charge is 0.243 e. The Kier molecular flexibility index (Phi) is 12.8. The maximum absolute atomic E-state index is 12.7. The van der Waals surface area contributed by atoms with Crippen LogP contribution in [0.1, 0.15) is 53.9 Å². The quantitative estimate of drug-likeness (QED) is 0.406. The van der Waals surface area contributed by atoms with Gasteiger partial charge in [-0.1, -0.05) is 27.7 Å². The molecule has 0 aliphatic carbocycles. The molecule has 0 rings (SSSR count). The van der Waals surface area contributed by atoms with Crippen LogP contribution in [0.5, 0.6) is 0 Å².